The Morgan fingerprint density at radius 1 is 1.19 bits per heavy atom. The van der Waals surface area contributed by atoms with Crippen LogP contribution in [0.25, 0.3) is 0 Å². The minimum atomic E-state index is -0.608. The van der Waals surface area contributed by atoms with E-state index in [-0.39, 0.29) is 28.9 Å². The molecule has 0 unspecified atom stereocenters. The molecule has 27 heavy (non-hydrogen) atoms. The van der Waals surface area contributed by atoms with Crippen LogP contribution < -0.4 is 16.6 Å². The second kappa shape index (κ2) is 9.53. The van der Waals surface area contributed by atoms with Gasteiger partial charge in [-0.15, -0.1) is 0 Å². The van der Waals surface area contributed by atoms with Gasteiger partial charge in [-0.25, -0.2) is 14.8 Å². The maximum Gasteiger partial charge on any atom is 0.343 e. The lowest BCUT2D eigenvalue weighted by Crippen LogP contribution is -2.42. The minimum Gasteiger partial charge on any atom is -0.462 e. The summed E-state index contributed by atoms with van der Waals surface area (Å²) in [4.78, 5) is 43.3. The fourth-order valence-corrected chi connectivity index (χ4v) is 2.51. The Balaban J connectivity index is 1.83. The number of hydrogen-bond acceptors (Lipinski definition) is 8. The molecule has 0 atom stereocenters. The molecule has 0 aliphatic rings. The van der Waals surface area contributed by atoms with Gasteiger partial charge in [-0.3, -0.25) is 20.4 Å². The molecule has 0 fully saturated rings. The number of thioether (sulfide) groups is 1. The molecule has 0 radical (unpaired) electrons. The fourth-order valence-electron chi connectivity index (χ4n) is 1.88. The normalized spacial score (nSPS) is 10.1. The van der Waals surface area contributed by atoms with Crippen LogP contribution in [0.2, 0.25) is 0 Å². The summed E-state index contributed by atoms with van der Waals surface area (Å²) in [6.45, 7) is 3.80. The van der Waals surface area contributed by atoms with E-state index in [1.54, 1.807) is 31.2 Å². The predicted octanol–water partition coefficient (Wildman–Crippen LogP) is 1.10. The van der Waals surface area contributed by atoms with Crippen LogP contribution in [0.15, 0.2) is 35.6 Å². The number of benzene rings is 1. The number of aryl methyl sites for hydroxylation is 1. The summed E-state index contributed by atoms with van der Waals surface area (Å²) in [5.74, 6) is -1.56. The van der Waals surface area contributed by atoms with Gasteiger partial charge in [0.1, 0.15) is 11.4 Å². The zero-order valence-corrected chi connectivity index (χ0v) is 15.6. The Morgan fingerprint density at radius 3 is 2.52 bits per heavy atom. The number of nitrogen functional groups attached to an aromatic ring is 1. The summed E-state index contributed by atoms with van der Waals surface area (Å²) in [5.41, 5.74) is 11.9. The highest BCUT2D eigenvalue weighted by Crippen LogP contribution is 2.16. The Kier molecular flexibility index (Phi) is 7.12. The summed E-state index contributed by atoms with van der Waals surface area (Å²) in [7, 11) is 0. The fraction of sp³-hybridized carbons (Fsp3) is 0.235. The zero-order valence-electron chi connectivity index (χ0n) is 14.8. The molecule has 1 heterocycles. The molecule has 1 aromatic heterocycles. The number of esters is 1. The van der Waals surface area contributed by atoms with Crippen molar-refractivity contribution in [3.05, 3.63) is 47.2 Å². The van der Waals surface area contributed by atoms with Crippen molar-refractivity contribution < 1.29 is 19.1 Å². The van der Waals surface area contributed by atoms with Gasteiger partial charge in [0.2, 0.25) is 5.91 Å². The summed E-state index contributed by atoms with van der Waals surface area (Å²) >= 11 is 1.01. The van der Waals surface area contributed by atoms with Gasteiger partial charge in [-0.05, 0) is 26.0 Å². The molecular formula is C17H19N5O4S. The van der Waals surface area contributed by atoms with Crippen molar-refractivity contribution in [1.29, 1.82) is 0 Å². The van der Waals surface area contributed by atoms with E-state index in [2.05, 4.69) is 20.8 Å². The maximum atomic E-state index is 11.9. The molecule has 2 amide bonds. The quantitative estimate of drug-likeness (QED) is 0.289. The van der Waals surface area contributed by atoms with Crippen molar-refractivity contribution >= 4 is 35.4 Å². The van der Waals surface area contributed by atoms with E-state index in [1.165, 1.54) is 6.20 Å². The molecule has 1 aromatic carbocycles. The van der Waals surface area contributed by atoms with Gasteiger partial charge in [-0.2, -0.15) is 0 Å². The van der Waals surface area contributed by atoms with Gasteiger partial charge in [0.25, 0.3) is 5.91 Å². The third-order valence-corrected chi connectivity index (χ3v) is 4.11. The number of ether oxygens (including phenoxy) is 1. The van der Waals surface area contributed by atoms with E-state index in [0.717, 1.165) is 17.3 Å². The third kappa shape index (κ3) is 5.96. The van der Waals surface area contributed by atoms with Crippen molar-refractivity contribution in [1.82, 2.24) is 20.8 Å². The lowest BCUT2D eigenvalue weighted by molar-refractivity contribution is -0.119. The smallest absolute Gasteiger partial charge is 0.343 e. The molecule has 0 saturated heterocycles. The summed E-state index contributed by atoms with van der Waals surface area (Å²) in [5, 5.41) is 0.223. The number of carbonyl (C=O) groups excluding carboxylic acids is 3. The number of amides is 2. The van der Waals surface area contributed by atoms with Crippen molar-refractivity contribution in [3.8, 4) is 0 Å². The maximum absolute atomic E-state index is 11.9. The van der Waals surface area contributed by atoms with E-state index in [4.69, 9.17) is 10.5 Å². The largest absolute Gasteiger partial charge is 0.462 e. The Labute approximate surface area is 160 Å². The van der Waals surface area contributed by atoms with Gasteiger partial charge in [0.15, 0.2) is 5.16 Å². The average Bonchev–Trinajstić information content (AvgIpc) is 2.65. The number of rotatable bonds is 6. The van der Waals surface area contributed by atoms with E-state index >= 15 is 0 Å². The second-order valence-electron chi connectivity index (χ2n) is 5.33. The number of anilines is 1. The van der Waals surface area contributed by atoms with Gasteiger partial charge < -0.3 is 10.5 Å². The third-order valence-electron chi connectivity index (χ3n) is 3.25. The van der Waals surface area contributed by atoms with Crippen LogP contribution >= 0.6 is 11.8 Å². The van der Waals surface area contributed by atoms with Crippen molar-refractivity contribution in [2.24, 2.45) is 0 Å². The van der Waals surface area contributed by atoms with E-state index in [9.17, 15) is 14.4 Å². The monoisotopic (exact) mass is 389 g/mol. The number of carbonyl (C=O) groups is 3. The van der Waals surface area contributed by atoms with Gasteiger partial charge in [0.05, 0.1) is 12.4 Å². The molecule has 142 valence electrons. The number of nitrogens with two attached hydrogens (primary N) is 1. The topological polar surface area (TPSA) is 136 Å². The Hall–Kier alpha value is -3.14. The van der Waals surface area contributed by atoms with Crippen molar-refractivity contribution in [2.75, 3.05) is 18.1 Å². The number of nitrogens with zero attached hydrogens (tertiary/aromatic N) is 2. The first-order valence-corrected chi connectivity index (χ1v) is 8.97. The van der Waals surface area contributed by atoms with Crippen LogP contribution in [0, 0.1) is 6.92 Å². The second-order valence-corrected chi connectivity index (χ2v) is 6.27. The van der Waals surface area contributed by atoms with E-state index in [0.29, 0.717) is 5.56 Å². The molecule has 0 aliphatic heterocycles. The highest BCUT2D eigenvalue weighted by molar-refractivity contribution is 7.99. The lowest BCUT2D eigenvalue weighted by atomic mass is 10.1. The average molecular weight is 389 g/mol. The molecule has 10 heteroatoms. The standard InChI is InChI=1S/C17H19N5O4S/c1-3-26-16(25)12-8-19-17(20-14(12)18)27-9-13(23)21-22-15(24)11-6-4-10(2)5-7-11/h4-8H,3,9H2,1-2H3,(H,21,23)(H,22,24)(H2,18,19,20). The SMILES string of the molecule is CCOC(=O)c1cnc(SCC(=O)NNC(=O)c2ccc(C)cc2)nc1N. The van der Waals surface area contributed by atoms with Crippen LogP contribution in [0.4, 0.5) is 5.82 Å². The molecule has 0 saturated carbocycles. The van der Waals surface area contributed by atoms with Crippen LogP contribution in [0.1, 0.15) is 33.2 Å². The highest BCUT2D eigenvalue weighted by atomic mass is 32.2. The molecule has 2 rings (SSSR count). The van der Waals surface area contributed by atoms with Gasteiger partial charge >= 0.3 is 5.97 Å². The molecular weight excluding hydrogens is 370 g/mol. The summed E-state index contributed by atoms with van der Waals surface area (Å²) in [6.07, 6.45) is 1.25. The zero-order chi connectivity index (χ0) is 19.8. The van der Waals surface area contributed by atoms with Crippen LogP contribution in [0.5, 0.6) is 0 Å². The van der Waals surface area contributed by atoms with Crippen LogP contribution in [0.3, 0.4) is 0 Å². The van der Waals surface area contributed by atoms with Crippen LogP contribution in [-0.4, -0.2) is 40.1 Å². The Morgan fingerprint density at radius 2 is 1.89 bits per heavy atom. The predicted molar refractivity (Wildman–Crippen MR) is 99.9 cm³/mol. The number of aromatic nitrogens is 2. The molecule has 4 N–H and O–H groups in total. The summed E-state index contributed by atoms with van der Waals surface area (Å²) in [6, 6.07) is 6.92. The van der Waals surface area contributed by atoms with E-state index < -0.39 is 17.8 Å². The molecule has 2 aromatic rings. The molecule has 0 spiro atoms. The number of hydrogen-bond donors (Lipinski definition) is 3. The highest BCUT2D eigenvalue weighted by Gasteiger charge is 2.14. The first kappa shape index (κ1) is 20.2. The van der Waals surface area contributed by atoms with Crippen molar-refractivity contribution in [2.45, 2.75) is 19.0 Å². The van der Waals surface area contributed by atoms with Crippen molar-refractivity contribution in [3.63, 3.8) is 0 Å². The first-order valence-electron chi connectivity index (χ1n) is 7.99. The van der Waals surface area contributed by atoms with Gasteiger partial charge in [-0.1, -0.05) is 29.5 Å². The minimum absolute atomic E-state index is 0.0287. The van der Waals surface area contributed by atoms with E-state index in [1.807, 2.05) is 6.92 Å². The van der Waals surface area contributed by atoms with Crippen LogP contribution in [-0.2, 0) is 9.53 Å². The molecule has 0 bridgehead atoms. The lowest BCUT2D eigenvalue weighted by Gasteiger charge is -2.08. The molecule has 0 aliphatic carbocycles. The van der Waals surface area contributed by atoms with Gasteiger partial charge in [0, 0.05) is 11.8 Å². The number of nitrogens with one attached hydrogen (secondary N) is 2. The number of hydrazine groups is 1. The summed E-state index contributed by atoms with van der Waals surface area (Å²) < 4.78 is 4.83. The molecule has 9 nitrogen and oxygen atoms in total. The Bertz CT molecular complexity index is 842. The first-order chi connectivity index (χ1) is 12.9.